The van der Waals surface area contributed by atoms with Gasteiger partial charge in [-0.25, -0.2) is 63.2 Å². The molecular weight excluding hydrogens is 1370 g/mol. The van der Waals surface area contributed by atoms with Crippen LogP contribution in [0.3, 0.4) is 0 Å². The average molecular weight is 1420 g/mol. The third-order valence-corrected chi connectivity index (χ3v) is 21.2. The lowest BCUT2D eigenvalue weighted by molar-refractivity contribution is -0.0593. The monoisotopic (exact) mass is 1410 g/mol. The van der Waals surface area contributed by atoms with Gasteiger partial charge in [0.25, 0.3) is 0 Å². The highest BCUT2D eigenvalue weighted by Gasteiger charge is 2.56. The Kier molecular flexibility index (Phi) is 17.1. The second-order valence-corrected chi connectivity index (χ2v) is 31.9. The summed E-state index contributed by atoms with van der Waals surface area (Å²) in [6, 6.07) is 0. The fraction of sp³-hybridized carbons (Fsp3) is 0.524. The number of fused-ring (bicyclic) bond motifs is 8. The number of nitrogens with zero attached hydrogens (tertiary/aromatic N) is 14. The normalized spacial score (nSPS) is 39.0. The maximum absolute atomic E-state index is 16.0. The number of aliphatic imine (C=N–C) groups is 2. The Balaban J connectivity index is 0.000000165. The number of ketones is 2. The van der Waals surface area contributed by atoms with E-state index in [1.165, 1.54) is 56.2 Å². The van der Waals surface area contributed by atoms with Crippen LogP contribution in [-0.4, -0.2) is 206 Å². The van der Waals surface area contributed by atoms with Crippen LogP contribution >= 0.6 is 39.2 Å². The van der Waals surface area contributed by atoms with E-state index in [4.69, 9.17) is 113 Å². The number of hydrogen-bond donors (Lipinski definition) is 10. The van der Waals surface area contributed by atoms with Gasteiger partial charge < -0.3 is 80.3 Å². The zero-order valence-electron chi connectivity index (χ0n) is 45.1. The highest BCUT2D eigenvalue weighted by Crippen LogP contribution is 2.59. The fourth-order valence-corrected chi connectivity index (χ4v) is 16.7. The number of ether oxygens (including phenoxy) is 4. The van der Waals surface area contributed by atoms with Gasteiger partial charge in [-0.05, 0) is 35.4 Å². The van der Waals surface area contributed by atoms with Crippen LogP contribution in [0.1, 0.15) is 58.7 Å². The van der Waals surface area contributed by atoms with E-state index < -0.39 is 152 Å². The molecule has 13 N–H and O–H groups in total. The number of amidine groups is 2. The Morgan fingerprint density at radius 3 is 1.29 bits per heavy atom. The van der Waals surface area contributed by atoms with E-state index in [1.807, 2.05) is 0 Å². The number of hydrogen-bond acceptors (Lipinski definition) is 34. The van der Waals surface area contributed by atoms with Crippen LogP contribution in [0.25, 0.3) is 22.3 Å². The summed E-state index contributed by atoms with van der Waals surface area (Å²) in [5, 5.41) is 22.5. The lowest BCUT2D eigenvalue weighted by Gasteiger charge is -2.30. The summed E-state index contributed by atoms with van der Waals surface area (Å²) in [5.41, 5.74) is 24.0. The first kappa shape index (κ1) is 63.8. The predicted octanol–water partition coefficient (Wildman–Crippen LogP) is 0.0709. The largest absolute Gasteiger partial charge is 0.387 e. The minimum Gasteiger partial charge on any atom is -0.387 e. The molecule has 0 spiro atoms. The summed E-state index contributed by atoms with van der Waals surface area (Å²) in [5.74, 6) is -0.529. The minimum absolute atomic E-state index is 0.00995. The number of Topliss-reactive ketones (excluding diaryl/α,β-unsaturated/α-hetero) is 2. The number of aliphatic hydroxyl groups is 2. The first-order valence-electron chi connectivity index (χ1n) is 26.2. The first-order chi connectivity index (χ1) is 42.6. The molecule has 6 aromatic heterocycles. The quantitative estimate of drug-likeness (QED) is 0.0825. The van der Waals surface area contributed by atoms with Crippen molar-refractivity contribution in [3.8, 4) is 0 Å². The first-order valence-corrected chi connectivity index (χ1v) is 36.7. The molecule has 0 aromatic carbocycles. The van der Waals surface area contributed by atoms with E-state index in [0.29, 0.717) is 0 Å². The molecule has 484 valence electrons. The van der Waals surface area contributed by atoms with E-state index in [2.05, 4.69) is 62.1 Å². The molecule has 14 heterocycles. The van der Waals surface area contributed by atoms with Gasteiger partial charge >= 0.3 is 27.0 Å². The predicted molar refractivity (Wildman–Crippen MR) is 311 cm³/mol. The standard InChI is InChI=1S/2C21H24FN9O10P2S2/c2*22-11-15-8(38-20(11)30-6-28-13-17(24)25-4-26-18(13)30)2-36-43(35,45)41-16-9(3-37-42(34,44)40-15)39-21(14(16)33)31-5-27-12-7(32)1-10(23)29-19(12)31/h2*4-6,8-9,11,14-16,20-21,33H,1-3H2,(H2,23,29)(H,34,44)(H,35,45)(H2,24,25,26)/t2*8-,9-,11-,14-,15-,16-,20-,21-,42?,43?/m11/s1. The van der Waals surface area contributed by atoms with Crippen molar-refractivity contribution < 1.29 is 103 Å². The number of imidazole rings is 4. The Labute approximate surface area is 521 Å². The van der Waals surface area contributed by atoms with Crippen molar-refractivity contribution in [3.63, 3.8) is 0 Å². The molecule has 48 heteroatoms. The van der Waals surface area contributed by atoms with Crippen molar-refractivity contribution in [1.29, 1.82) is 0 Å². The smallest absolute Gasteiger partial charge is 0.386 e. The Hall–Kier alpha value is -4.89. The van der Waals surface area contributed by atoms with Crippen LogP contribution < -0.4 is 22.9 Å². The van der Waals surface area contributed by atoms with E-state index in [9.17, 15) is 39.0 Å². The molecule has 0 radical (unpaired) electrons. The number of thiol groups is 1. The molecule has 14 rings (SSSR count). The number of nitrogen functional groups attached to an aromatic ring is 2. The number of carbonyl (C=O) groups is 2. The highest BCUT2D eigenvalue weighted by molar-refractivity contribution is 8.44. The van der Waals surface area contributed by atoms with Gasteiger partial charge in [0.1, 0.15) is 96.4 Å². The van der Waals surface area contributed by atoms with E-state index >= 15 is 8.78 Å². The van der Waals surface area contributed by atoms with E-state index in [1.54, 1.807) is 0 Å². The second-order valence-electron chi connectivity index (χ2n) is 20.7. The zero-order valence-corrected chi connectivity index (χ0v) is 52.0. The van der Waals surface area contributed by atoms with Crippen molar-refractivity contribution in [3.05, 3.63) is 49.4 Å². The minimum atomic E-state index is -4.34. The lowest BCUT2D eigenvalue weighted by Crippen LogP contribution is -2.38. The van der Waals surface area contributed by atoms with Crippen LogP contribution in [0.2, 0.25) is 0 Å². The van der Waals surface area contributed by atoms with Gasteiger partial charge in [0.15, 0.2) is 94.8 Å². The maximum Gasteiger partial charge on any atom is 0.386 e. The third kappa shape index (κ3) is 12.1. The Morgan fingerprint density at radius 1 is 0.511 bits per heavy atom. The summed E-state index contributed by atoms with van der Waals surface area (Å²) >= 11 is 19.6. The Morgan fingerprint density at radius 2 is 0.867 bits per heavy atom. The van der Waals surface area contributed by atoms with Gasteiger partial charge in [0, 0.05) is 0 Å². The van der Waals surface area contributed by atoms with Crippen molar-refractivity contribution in [2.24, 2.45) is 21.5 Å². The number of alkyl halides is 2. The summed E-state index contributed by atoms with van der Waals surface area (Å²) in [7, 11) is 0. The molecule has 8 aliphatic rings. The van der Waals surface area contributed by atoms with Crippen LogP contribution in [-0.2, 0) is 95.1 Å². The van der Waals surface area contributed by atoms with Gasteiger partial charge in [-0.2, -0.15) is 0 Å². The van der Waals surface area contributed by atoms with E-state index in [-0.39, 0.29) is 93.1 Å². The van der Waals surface area contributed by atoms with Crippen LogP contribution in [0, 0.1) is 0 Å². The fourth-order valence-electron chi connectivity index (χ4n) is 10.8. The van der Waals surface area contributed by atoms with Crippen molar-refractivity contribution in [1.82, 2.24) is 58.1 Å². The molecule has 38 nitrogen and oxygen atoms in total. The summed E-state index contributed by atoms with van der Waals surface area (Å²) in [6.45, 7) is -19.4. The molecule has 90 heavy (non-hydrogen) atoms. The summed E-state index contributed by atoms with van der Waals surface area (Å²) in [6.07, 6.45) is -16.7. The van der Waals surface area contributed by atoms with Crippen LogP contribution in [0.15, 0.2) is 47.9 Å². The molecule has 0 aliphatic carbocycles. The number of nitrogens with two attached hydrogens (primary N) is 4. The SMILES string of the molecule is NC1=Nc2c(ncn2[C@@H]2O[C@@H]3COP(O)(=S)O[C@H]4[C@@H](F)[C@H](n5cnc6c(N)ncnc65)O[C@@H]4COP(=O)(S)O[C@H]3[C@H]2O)C(=O)C1.NC1=Nc2c(ncn2[C@@H]2O[C@@H]3COP(O)(=S)O[C@H]4[C@@H](F)[C@H](n5cnc6c(N)ncnc65)O[C@@H]4COP(O)(=S)O[C@H]3[C@H]2O)C(=O)C1. The van der Waals surface area contributed by atoms with Gasteiger partial charge in [-0.15, -0.1) is 0 Å². The number of halogens is 2. The molecule has 4 unspecified atom stereocenters. The lowest BCUT2D eigenvalue weighted by atomic mass is 10.1. The molecule has 8 aliphatic heterocycles. The van der Waals surface area contributed by atoms with Gasteiger partial charge in [0.05, 0.1) is 64.6 Å². The van der Waals surface area contributed by atoms with Crippen molar-refractivity contribution in [2.45, 2.75) is 111 Å². The average Bonchev–Trinajstić information content (AvgIpc) is 1.65. The van der Waals surface area contributed by atoms with E-state index in [0.717, 1.165) is 0 Å². The van der Waals surface area contributed by atoms with Crippen LogP contribution in [0.5, 0.6) is 0 Å². The van der Waals surface area contributed by atoms with Gasteiger partial charge in [0.2, 0.25) is 0 Å². The third-order valence-electron chi connectivity index (χ3n) is 14.9. The maximum atomic E-state index is 16.0. The second kappa shape index (κ2) is 24.1. The number of aromatic nitrogens is 12. The molecule has 6 saturated heterocycles. The Bertz CT molecular complexity index is 3880. The molecule has 0 bridgehead atoms. The summed E-state index contributed by atoms with van der Waals surface area (Å²) < 4.78 is 118. The van der Waals surface area contributed by atoms with Crippen LogP contribution in [0.4, 0.5) is 32.1 Å². The molecule has 0 amide bonds. The number of rotatable bonds is 4. The summed E-state index contributed by atoms with van der Waals surface area (Å²) in [4.78, 5) is 98.2. The molecule has 0 saturated carbocycles. The topological polar surface area (TPSA) is 515 Å². The van der Waals surface area contributed by atoms with Gasteiger partial charge in [-0.3, -0.25) is 50.5 Å². The molecule has 20 atom stereocenters. The molecular formula is C42H48F2N18O20P4S4. The number of anilines is 2. The van der Waals surface area contributed by atoms with Gasteiger partial charge in [-0.1, -0.05) is 12.2 Å². The van der Waals surface area contributed by atoms with Crippen molar-refractivity contribution in [2.75, 3.05) is 37.9 Å². The highest BCUT2D eigenvalue weighted by atomic mass is 32.7. The number of carbonyl (C=O) groups excluding carboxylic acids is 2. The molecule has 6 aromatic rings. The zero-order chi connectivity index (χ0) is 63.7. The molecule has 6 fully saturated rings. The number of aliphatic hydroxyl groups excluding tert-OH is 2. The van der Waals surface area contributed by atoms with Crippen molar-refractivity contribution >= 4 is 143 Å².